The summed E-state index contributed by atoms with van der Waals surface area (Å²) in [4.78, 5) is 0. The molecule has 0 spiro atoms. The molecule has 0 aliphatic heterocycles. The zero-order valence-corrected chi connectivity index (χ0v) is 73.6. The van der Waals surface area contributed by atoms with E-state index in [2.05, 4.69) is 13.8 Å². The Kier molecular flexibility index (Phi) is 49.5. The normalized spacial score (nSPS) is 23.9. The van der Waals surface area contributed by atoms with E-state index in [0.717, 1.165) is 0 Å². The molecule has 0 bridgehead atoms. The minimum absolute atomic E-state index is 0. The summed E-state index contributed by atoms with van der Waals surface area (Å²) >= 11 is 0. The van der Waals surface area contributed by atoms with Crippen molar-refractivity contribution in [3.8, 4) is 23.0 Å². The molecule has 0 aromatic heterocycles. The predicted molar refractivity (Wildman–Crippen MR) is 436 cm³/mol. The van der Waals surface area contributed by atoms with Gasteiger partial charge in [0.2, 0.25) is 0 Å². The second kappa shape index (κ2) is 55.2. The molecule has 0 radical (unpaired) electrons. The maximum Gasteiger partial charge on any atom is 2.00 e. The summed E-state index contributed by atoms with van der Waals surface area (Å²) in [5.41, 5.74) is 14.7. The molecule has 14 rings (SSSR count). The van der Waals surface area contributed by atoms with Gasteiger partial charge in [0.1, 0.15) is 0 Å². The Balaban J connectivity index is 0.000000190. The van der Waals surface area contributed by atoms with E-state index in [9.17, 15) is 20.4 Å². The molecule has 0 heterocycles. The molecule has 2 aromatic rings. The van der Waals surface area contributed by atoms with Crippen LogP contribution < -0.4 is 20.4 Å². The van der Waals surface area contributed by atoms with Crippen LogP contribution in [-0.2, 0) is 42.1 Å². The molecule has 0 unspecified atom stereocenters. The van der Waals surface area contributed by atoms with Crippen molar-refractivity contribution < 1.29 is 62.6 Å². The quantitative estimate of drug-likeness (QED) is 0.131. The Morgan fingerprint density at radius 1 is 0.200 bits per heavy atom. The first kappa shape index (κ1) is 89.6. The minimum Gasteiger partial charge on any atom is -0.873 e. The first-order valence-electron chi connectivity index (χ1n) is 44.6. The number of unbranched alkanes of at least 4 members (excludes halogenated alkanes) is 3. The molecule has 578 valence electrons. The van der Waals surface area contributed by atoms with Gasteiger partial charge >= 0.3 is 42.1 Å². The van der Waals surface area contributed by atoms with Crippen molar-refractivity contribution in [2.24, 2.45) is 0 Å². The molecule has 4 nitrogen and oxygen atoms in total. The van der Waals surface area contributed by atoms with E-state index in [4.69, 9.17) is 0 Å². The van der Waals surface area contributed by atoms with Crippen LogP contribution in [0.2, 0.25) is 0 Å². The van der Waals surface area contributed by atoms with Gasteiger partial charge in [-0.2, -0.15) is 0 Å². The topological polar surface area (TPSA) is 92.2 Å². The van der Waals surface area contributed by atoms with Crippen LogP contribution >= 0.6 is 31.7 Å². The van der Waals surface area contributed by atoms with E-state index >= 15 is 0 Å². The molecule has 10 heteroatoms. The van der Waals surface area contributed by atoms with E-state index < -0.39 is 23.0 Å². The Morgan fingerprint density at radius 2 is 0.300 bits per heavy atom. The number of para-hydroxylation sites is 4. The van der Waals surface area contributed by atoms with Crippen molar-refractivity contribution in [1.29, 1.82) is 0 Å². The van der Waals surface area contributed by atoms with Crippen molar-refractivity contribution in [3.05, 3.63) is 48.5 Å². The first-order valence-corrected chi connectivity index (χ1v) is 51.6. The molecular weight excluding hydrogens is 1660 g/mol. The van der Waals surface area contributed by atoms with Gasteiger partial charge in [-0.25, -0.2) is 0 Å². The molecular formula is C90H158O4P4Pt2+4. The van der Waals surface area contributed by atoms with Gasteiger partial charge in [-0.15, -0.1) is 23.0 Å². The fourth-order valence-electron chi connectivity index (χ4n) is 22.6. The Morgan fingerprint density at radius 3 is 0.380 bits per heavy atom. The Labute approximate surface area is 653 Å². The summed E-state index contributed by atoms with van der Waals surface area (Å²) < 4.78 is 0. The van der Waals surface area contributed by atoms with Crippen molar-refractivity contribution in [2.45, 2.75) is 493 Å². The van der Waals surface area contributed by atoms with Gasteiger partial charge in [0.25, 0.3) is 0 Å². The van der Waals surface area contributed by atoms with Crippen molar-refractivity contribution in [3.63, 3.8) is 0 Å². The largest absolute Gasteiger partial charge is 2.00 e. The molecule has 12 saturated carbocycles. The predicted octanol–water partition coefficient (Wildman–Crippen LogP) is 27.0. The number of hydrogen-bond acceptors (Lipinski definition) is 4. The van der Waals surface area contributed by atoms with Gasteiger partial charge in [-0.3, -0.25) is 0 Å². The van der Waals surface area contributed by atoms with Crippen LogP contribution in [0.5, 0.6) is 23.0 Å². The standard InChI is InChI=1S/4C18H33P.2C6H6O2.C6H14.2Pt/c4*1-4-10-16(11-5-1)19(17-12-6-2-7-13-17)18-14-8-3-9-15-18;2*7-5-3-1-2-4-6(5)8;1-3-5-6-4-2;;/h4*16-18H,1-15H2;2*1-4,7-8H;3-6H2,1-2H3;;/q;;;;;;;2*+2. The van der Waals surface area contributed by atoms with Gasteiger partial charge in [0.05, 0.1) is 67.9 Å². The molecule has 0 N–H and O–H groups in total. The average molecular weight is 1820 g/mol. The van der Waals surface area contributed by atoms with E-state index in [1.165, 1.54) is 118 Å². The minimum atomic E-state index is -0.437. The Bertz CT molecular complexity index is 1750. The number of rotatable bonds is 15. The summed E-state index contributed by atoms with van der Waals surface area (Å²) in [6.07, 6.45) is 101. The van der Waals surface area contributed by atoms with Crippen LogP contribution in [0.3, 0.4) is 0 Å². The van der Waals surface area contributed by atoms with Crippen LogP contribution in [-0.4, -0.2) is 67.9 Å². The molecule has 2 aromatic carbocycles. The van der Waals surface area contributed by atoms with Crippen molar-refractivity contribution in [2.75, 3.05) is 0 Å². The zero-order valence-electron chi connectivity index (χ0n) is 65.1. The van der Waals surface area contributed by atoms with Crippen LogP contribution in [0.1, 0.15) is 425 Å². The van der Waals surface area contributed by atoms with Crippen LogP contribution in [0.4, 0.5) is 0 Å². The average Bonchev–Trinajstić information content (AvgIpc) is 0.867. The van der Waals surface area contributed by atoms with Crippen molar-refractivity contribution in [1.82, 2.24) is 0 Å². The van der Waals surface area contributed by atoms with Gasteiger partial charge in [0.15, 0.2) is 0 Å². The number of hydrogen-bond donors (Lipinski definition) is 0. The summed E-state index contributed by atoms with van der Waals surface area (Å²) in [6, 6.07) is 11.2. The molecule has 12 fully saturated rings. The first-order chi connectivity index (χ1) is 48.3. The summed E-state index contributed by atoms with van der Waals surface area (Å²) in [7, 11) is -0.186. The molecule has 100 heavy (non-hydrogen) atoms. The third-order valence-corrected chi connectivity index (χ3v) is 45.8. The van der Waals surface area contributed by atoms with Gasteiger partial charge < -0.3 is 20.4 Å². The number of benzene rings is 2. The molecule has 0 atom stereocenters. The van der Waals surface area contributed by atoms with Crippen LogP contribution in [0, 0.1) is 0 Å². The smallest absolute Gasteiger partial charge is 0.873 e. The fraction of sp³-hybridized carbons (Fsp3) is 0.867. The third-order valence-electron chi connectivity index (χ3n) is 27.6. The van der Waals surface area contributed by atoms with E-state index in [-0.39, 0.29) is 73.8 Å². The molecule has 0 saturated heterocycles. The second-order valence-corrected chi connectivity index (χ2v) is 48.4. The molecule has 0 amide bonds. The molecule has 12 aliphatic carbocycles. The zero-order chi connectivity index (χ0) is 68.5. The monoisotopic (exact) mass is 1820 g/mol. The Hall–Kier alpha value is 0.737. The molecule has 12 aliphatic rings. The second-order valence-electron chi connectivity index (χ2n) is 34.6. The van der Waals surface area contributed by atoms with Gasteiger partial charge in [-0.05, 0) is 308 Å². The SMILES string of the molecule is C1CCC([PH+](C2CCCCC2)C2CCCCC2)CC1.C1CCC([PH+](C2CCCCC2)C2CCCCC2)CC1.C1CCC([PH+](C2CCCCC2)C2CCCCC2)CC1.C1CCC([PH+](C2CCCCC2)C2CCCCC2)CC1.CCCCCC.[O-]c1ccccc1[O-].[O-]c1ccccc1[O-].[Pt+2].[Pt+2]. The van der Waals surface area contributed by atoms with Gasteiger partial charge in [-0.1, -0.05) is 165 Å². The third kappa shape index (κ3) is 32.7. The summed E-state index contributed by atoms with van der Waals surface area (Å²) in [6.45, 7) is 4.46. The fourth-order valence-corrected chi connectivity index (χ4v) is 43.5. The van der Waals surface area contributed by atoms with E-state index in [1.54, 1.807) is 410 Å². The summed E-state index contributed by atoms with van der Waals surface area (Å²) in [5, 5.41) is 41.2. The van der Waals surface area contributed by atoms with Crippen LogP contribution in [0.15, 0.2) is 48.5 Å². The van der Waals surface area contributed by atoms with E-state index in [1.807, 2.05) is 0 Å². The van der Waals surface area contributed by atoms with Crippen LogP contribution in [0.25, 0.3) is 0 Å². The van der Waals surface area contributed by atoms with Gasteiger partial charge in [0, 0.05) is 31.7 Å². The van der Waals surface area contributed by atoms with Crippen molar-refractivity contribution >= 4 is 31.7 Å². The maximum absolute atomic E-state index is 10.3. The maximum atomic E-state index is 10.3. The van der Waals surface area contributed by atoms with E-state index in [0.29, 0.717) is 0 Å². The summed E-state index contributed by atoms with van der Waals surface area (Å²) in [5.74, 6) is -1.75.